The maximum Gasteiger partial charge on any atom is 0.523 e. The first kappa shape index (κ1) is 20.8. The van der Waals surface area contributed by atoms with Gasteiger partial charge >= 0.3 is 15.6 Å². The number of alkyl halides is 3. The maximum atomic E-state index is 11.9. The Hall–Kier alpha value is -0.280. The Bertz CT molecular complexity index is 471. The van der Waals surface area contributed by atoms with Gasteiger partial charge in [-0.3, -0.25) is 8.98 Å². The molecule has 1 atom stereocenters. The second kappa shape index (κ2) is 9.27. The first-order valence-corrected chi connectivity index (χ1v) is 10.4. The number of carbonyl (C=O) groups excluding carboxylic acids is 1. The number of halogens is 3. The summed E-state index contributed by atoms with van der Waals surface area (Å²) in [6, 6.07) is 0. The van der Waals surface area contributed by atoms with E-state index in [2.05, 4.69) is 4.18 Å². The molecular formula is C14H23F3O4S2. The number of hydrogen-bond donors (Lipinski definition) is 0. The highest BCUT2D eigenvalue weighted by molar-refractivity contribution is 7.99. The van der Waals surface area contributed by atoms with Gasteiger partial charge in [-0.25, -0.2) is 0 Å². The van der Waals surface area contributed by atoms with Crippen molar-refractivity contribution in [2.45, 2.75) is 74.6 Å². The normalized spacial score (nSPS) is 24.0. The minimum absolute atomic E-state index is 0.332. The third-order valence-corrected chi connectivity index (χ3v) is 6.04. The number of hydrogen-bond acceptors (Lipinski definition) is 5. The molecule has 1 unspecified atom stereocenters. The van der Waals surface area contributed by atoms with Crippen LogP contribution in [-0.2, 0) is 19.1 Å². The highest BCUT2D eigenvalue weighted by atomic mass is 32.2. The molecule has 2 aliphatic rings. The third-order valence-electron chi connectivity index (χ3n) is 3.88. The van der Waals surface area contributed by atoms with Crippen LogP contribution in [0, 0.1) is 0 Å². The Morgan fingerprint density at radius 2 is 1.61 bits per heavy atom. The van der Waals surface area contributed by atoms with E-state index in [0.717, 1.165) is 38.5 Å². The number of thioether (sulfide) groups is 1. The van der Waals surface area contributed by atoms with Crippen molar-refractivity contribution in [3.05, 3.63) is 0 Å². The van der Waals surface area contributed by atoms with E-state index in [9.17, 15) is 26.4 Å². The zero-order valence-corrected chi connectivity index (χ0v) is 14.7. The van der Waals surface area contributed by atoms with Crippen LogP contribution in [0.2, 0.25) is 0 Å². The van der Waals surface area contributed by atoms with E-state index in [1.807, 2.05) is 6.26 Å². The van der Waals surface area contributed by atoms with E-state index < -0.39 is 21.7 Å². The van der Waals surface area contributed by atoms with Crippen molar-refractivity contribution < 1.29 is 30.6 Å². The van der Waals surface area contributed by atoms with Crippen LogP contribution >= 0.6 is 11.8 Å². The molecule has 0 aliphatic heterocycles. The molecule has 136 valence electrons. The van der Waals surface area contributed by atoms with E-state index in [1.165, 1.54) is 6.42 Å². The van der Waals surface area contributed by atoms with Crippen molar-refractivity contribution in [1.82, 2.24) is 0 Å². The van der Waals surface area contributed by atoms with Gasteiger partial charge in [0.2, 0.25) is 0 Å². The lowest BCUT2D eigenvalue weighted by Crippen LogP contribution is -2.31. The molecule has 4 nitrogen and oxygen atoms in total. The predicted molar refractivity (Wildman–Crippen MR) is 83.7 cm³/mol. The van der Waals surface area contributed by atoms with E-state index in [-0.39, 0.29) is 0 Å². The lowest BCUT2D eigenvalue weighted by Gasteiger charge is -2.21. The summed E-state index contributed by atoms with van der Waals surface area (Å²) in [6.45, 7) is 0. The fraction of sp³-hybridized carbons (Fsp3) is 0.929. The zero-order valence-electron chi connectivity index (χ0n) is 13.1. The summed E-state index contributed by atoms with van der Waals surface area (Å²) in [5.41, 5.74) is -5.30. The quantitative estimate of drug-likeness (QED) is 0.549. The second-order valence-corrected chi connectivity index (χ2v) is 8.30. The first-order chi connectivity index (χ1) is 10.7. The fourth-order valence-electron chi connectivity index (χ4n) is 2.60. The Morgan fingerprint density at radius 3 is 2.04 bits per heavy atom. The highest BCUT2D eigenvalue weighted by Crippen LogP contribution is 2.29. The summed E-state index contributed by atoms with van der Waals surface area (Å²) in [7, 11) is -5.40. The van der Waals surface area contributed by atoms with Gasteiger partial charge in [-0.05, 0) is 31.9 Å². The van der Waals surface area contributed by atoms with Crippen molar-refractivity contribution in [3.63, 3.8) is 0 Å². The van der Waals surface area contributed by atoms with Gasteiger partial charge in [-0.1, -0.05) is 25.7 Å². The van der Waals surface area contributed by atoms with Gasteiger partial charge in [0.25, 0.3) is 0 Å². The largest absolute Gasteiger partial charge is 0.523 e. The van der Waals surface area contributed by atoms with Gasteiger partial charge in [0.15, 0.2) is 0 Å². The van der Waals surface area contributed by atoms with Crippen molar-refractivity contribution in [2.24, 2.45) is 0 Å². The van der Waals surface area contributed by atoms with E-state index >= 15 is 0 Å². The summed E-state index contributed by atoms with van der Waals surface area (Å²) in [4.78, 5) is 11.0. The van der Waals surface area contributed by atoms with Crippen LogP contribution in [0.3, 0.4) is 0 Å². The third kappa shape index (κ3) is 7.01. The van der Waals surface area contributed by atoms with Crippen LogP contribution in [-0.4, -0.2) is 37.3 Å². The Kier molecular flexibility index (Phi) is 8.37. The Morgan fingerprint density at radius 1 is 1.04 bits per heavy atom. The summed E-state index contributed by atoms with van der Waals surface area (Å²) < 4.78 is 60.9. The Balaban J connectivity index is 0.000000253. The van der Waals surface area contributed by atoms with Gasteiger partial charge in [-0.15, -0.1) is 0 Å². The van der Waals surface area contributed by atoms with Crippen LogP contribution in [0.1, 0.15) is 57.8 Å². The van der Waals surface area contributed by atoms with Crippen molar-refractivity contribution >= 4 is 27.7 Å². The highest BCUT2D eigenvalue weighted by Gasteiger charge is 2.48. The standard InChI is InChI=1S/C7H11F3O3S.C7H12OS/c8-7(9,10)14(11,12)13-6-4-2-1-3-5-6;1-9-7-5-3-2-4-6(7)8/h6H,1-5H2;7H,2-5H2,1H3. The lowest BCUT2D eigenvalue weighted by molar-refractivity contribution is -0.119. The van der Waals surface area contributed by atoms with Gasteiger partial charge < -0.3 is 0 Å². The molecule has 2 fully saturated rings. The molecule has 9 heteroatoms. The van der Waals surface area contributed by atoms with Crippen molar-refractivity contribution in [3.8, 4) is 0 Å². The molecule has 2 aliphatic carbocycles. The number of carbonyl (C=O) groups is 1. The average molecular weight is 376 g/mol. The SMILES string of the molecule is CSC1CCCCC1=O.O=S(=O)(OC1CCCCC1)C(F)(F)F. The molecule has 0 aromatic carbocycles. The average Bonchev–Trinajstić information content (AvgIpc) is 2.48. The predicted octanol–water partition coefficient (Wildman–Crippen LogP) is 4.05. The van der Waals surface area contributed by atoms with Crippen LogP contribution in [0.5, 0.6) is 0 Å². The molecule has 2 saturated carbocycles. The summed E-state index contributed by atoms with van der Waals surface area (Å²) in [5.74, 6) is 0.466. The Labute approximate surface area is 139 Å². The molecule has 0 amide bonds. The number of rotatable bonds is 3. The van der Waals surface area contributed by atoms with Gasteiger partial charge in [0.05, 0.1) is 11.4 Å². The van der Waals surface area contributed by atoms with E-state index in [4.69, 9.17) is 0 Å². The summed E-state index contributed by atoms with van der Waals surface area (Å²) in [5, 5.41) is 0.332. The first-order valence-electron chi connectivity index (χ1n) is 7.72. The van der Waals surface area contributed by atoms with Crippen molar-refractivity contribution in [1.29, 1.82) is 0 Å². The number of Topliss-reactive ketones (excluding diaryl/α,β-unsaturated/α-hetero) is 1. The molecule has 0 spiro atoms. The zero-order chi connectivity index (χ0) is 17.5. The molecule has 0 radical (unpaired) electrons. The number of ketones is 1. The monoisotopic (exact) mass is 376 g/mol. The molecule has 0 bridgehead atoms. The smallest absolute Gasteiger partial charge is 0.298 e. The van der Waals surface area contributed by atoms with Gasteiger partial charge in [0, 0.05) is 6.42 Å². The minimum Gasteiger partial charge on any atom is -0.298 e. The molecule has 23 heavy (non-hydrogen) atoms. The molecular weight excluding hydrogens is 353 g/mol. The van der Waals surface area contributed by atoms with E-state index in [1.54, 1.807) is 11.8 Å². The molecule has 0 saturated heterocycles. The molecule has 0 heterocycles. The molecule has 2 rings (SSSR count). The van der Waals surface area contributed by atoms with Crippen LogP contribution in [0.4, 0.5) is 13.2 Å². The second-order valence-electron chi connectivity index (χ2n) is 5.69. The lowest BCUT2D eigenvalue weighted by atomic mass is 9.98. The van der Waals surface area contributed by atoms with E-state index in [0.29, 0.717) is 23.9 Å². The fourth-order valence-corrected chi connectivity index (χ4v) is 4.04. The van der Waals surface area contributed by atoms with Crippen LogP contribution in [0.15, 0.2) is 0 Å². The minimum atomic E-state index is -5.40. The maximum absolute atomic E-state index is 11.9. The van der Waals surface area contributed by atoms with Gasteiger partial charge in [-0.2, -0.15) is 33.4 Å². The van der Waals surface area contributed by atoms with Crippen molar-refractivity contribution in [2.75, 3.05) is 6.26 Å². The van der Waals surface area contributed by atoms with Crippen LogP contribution in [0.25, 0.3) is 0 Å². The molecule has 0 aromatic rings. The molecule has 0 aromatic heterocycles. The van der Waals surface area contributed by atoms with Crippen LogP contribution < -0.4 is 0 Å². The summed E-state index contributed by atoms with van der Waals surface area (Å²) in [6.07, 6.45) is 8.66. The van der Waals surface area contributed by atoms with Gasteiger partial charge in [0.1, 0.15) is 5.78 Å². The molecule has 0 N–H and O–H groups in total. The summed E-state index contributed by atoms with van der Waals surface area (Å²) >= 11 is 1.70. The topological polar surface area (TPSA) is 60.4 Å².